The Hall–Kier alpha value is -1.69. The first kappa shape index (κ1) is 12.4. The highest BCUT2D eigenvalue weighted by Crippen LogP contribution is 2.27. The molecule has 0 aliphatic carbocycles. The van der Waals surface area contributed by atoms with Crippen molar-refractivity contribution in [3.63, 3.8) is 0 Å². The second-order valence-corrected chi connectivity index (χ2v) is 3.17. The second kappa shape index (κ2) is 4.89. The Morgan fingerprint density at radius 2 is 2.25 bits per heavy atom. The highest BCUT2D eigenvalue weighted by Gasteiger charge is 2.21. The number of rotatable bonds is 3. The molecule has 0 saturated heterocycles. The predicted molar refractivity (Wildman–Crippen MR) is 54.0 cm³/mol. The lowest BCUT2D eigenvalue weighted by Gasteiger charge is -2.03. The summed E-state index contributed by atoms with van der Waals surface area (Å²) in [6.07, 6.45) is 0. The fourth-order valence-electron chi connectivity index (χ4n) is 1.04. The molecule has 0 heterocycles. The second-order valence-electron chi connectivity index (χ2n) is 2.76. The van der Waals surface area contributed by atoms with Gasteiger partial charge in [-0.2, -0.15) is 0 Å². The monoisotopic (exact) mass is 247 g/mol. The molecule has 0 amide bonds. The van der Waals surface area contributed by atoms with Crippen LogP contribution in [0.2, 0.25) is 5.02 Å². The van der Waals surface area contributed by atoms with Crippen LogP contribution >= 0.6 is 11.6 Å². The average molecular weight is 248 g/mol. The van der Waals surface area contributed by atoms with Gasteiger partial charge in [-0.1, -0.05) is 11.6 Å². The Morgan fingerprint density at radius 1 is 1.62 bits per heavy atom. The number of nitrogens with zero attached hydrogens (tertiary/aromatic N) is 1. The molecule has 86 valence electrons. The number of esters is 1. The number of carbonyl (C=O) groups excluding carboxylic acids is 1. The molecule has 0 aromatic heterocycles. The van der Waals surface area contributed by atoms with Crippen molar-refractivity contribution >= 4 is 23.3 Å². The molecule has 0 saturated carbocycles. The maximum atomic E-state index is 13.3. The van der Waals surface area contributed by atoms with Crippen molar-refractivity contribution in [2.24, 2.45) is 0 Å². The molecule has 0 fully saturated rings. The van der Waals surface area contributed by atoms with E-state index in [4.69, 9.17) is 11.6 Å². The molecule has 0 atom stereocenters. The van der Waals surface area contributed by atoms with Crippen LogP contribution in [0.15, 0.2) is 12.1 Å². The zero-order chi connectivity index (χ0) is 12.3. The molecule has 0 aliphatic heterocycles. The number of nitro benzene ring substituents is 1. The topological polar surface area (TPSA) is 69.4 Å². The van der Waals surface area contributed by atoms with Gasteiger partial charge in [0.15, 0.2) is 0 Å². The zero-order valence-corrected chi connectivity index (χ0v) is 8.95. The lowest BCUT2D eigenvalue weighted by molar-refractivity contribution is -0.384. The third kappa shape index (κ3) is 2.46. The first-order valence-corrected chi connectivity index (χ1v) is 4.65. The standard InChI is InChI=1S/C9H7ClFNO4/c1-2-16-9(13)5-3-8(12(14)15)6(10)4-7(5)11/h3-4H,2H2,1H3. The number of carbonyl (C=O) groups is 1. The molecule has 0 spiro atoms. The van der Waals surface area contributed by atoms with Crippen LogP contribution in [0.5, 0.6) is 0 Å². The van der Waals surface area contributed by atoms with Crippen LogP contribution < -0.4 is 0 Å². The normalized spacial score (nSPS) is 9.94. The summed E-state index contributed by atoms with van der Waals surface area (Å²) < 4.78 is 17.8. The Balaban J connectivity index is 3.24. The average Bonchev–Trinajstić information content (AvgIpc) is 2.17. The summed E-state index contributed by atoms with van der Waals surface area (Å²) in [5, 5.41) is 10.1. The first-order valence-electron chi connectivity index (χ1n) is 4.28. The first-order chi connectivity index (χ1) is 7.47. The van der Waals surface area contributed by atoms with Crippen molar-refractivity contribution in [1.82, 2.24) is 0 Å². The van der Waals surface area contributed by atoms with E-state index in [-0.39, 0.29) is 11.6 Å². The van der Waals surface area contributed by atoms with Gasteiger partial charge in [-0.05, 0) is 6.92 Å². The van der Waals surface area contributed by atoms with E-state index >= 15 is 0 Å². The van der Waals surface area contributed by atoms with Gasteiger partial charge in [0.1, 0.15) is 16.4 Å². The molecular formula is C9H7ClFNO4. The zero-order valence-electron chi connectivity index (χ0n) is 8.20. The number of hydrogen-bond donors (Lipinski definition) is 0. The molecular weight excluding hydrogens is 241 g/mol. The van der Waals surface area contributed by atoms with E-state index in [1.54, 1.807) is 6.92 Å². The maximum absolute atomic E-state index is 13.3. The minimum Gasteiger partial charge on any atom is -0.462 e. The summed E-state index contributed by atoms with van der Waals surface area (Å²) in [6.45, 7) is 1.59. The number of benzene rings is 1. The summed E-state index contributed by atoms with van der Waals surface area (Å²) in [6, 6.07) is 1.47. The van der Waals surface area contributed by atoms with E-state index in [0.717, 1.165) is 6.07 Å². The van der Waals surface area contributed by atoms with Gasteiger partial charge in [0.25, 0.3) is 5.69 Å². The van der Waals surface area contributed by atoms with Crippen LogP contribution in [0, 0.1) is 15.9 Å². The highest BCUT2D eigenvalue weighted by molar-refractivity contribution is 6.32. The van der Waals surface area contributed by atoms with Gasteiger partial charge in [-0.15, -0.1) is 0 Å². The van der Waals surface area contributed by atoms with E-state index in [2.05, 4.69) is 4.74 Å². The summed E-state index contributed by atoms with van der Waals surface area (Å²) >= 11 is 5.44. The predicted octanol–water partition coefficient (Wildman–Crippen LogP) is 2.56. The summed E-state index contributed by atoms with van der Waals surface area (Å²) in [5.74, 6) is -1.91. The minimum absolute atomic E-state index is 0.0503. The Morgan fingerprint density at radius 3 is 2.75 bits per heavy atom. The van der Waals surface area contributed by atoms with Crippen LogP contribution in [-0.2, 0) is 4.74 Å². The van der Waals surface area contributed by atoms with Gasteiger partial charge in [0, 0.05) is 12.1 Å². The molecule has 0 aliphatic rings. The summed E-state index contributed by atoms with van der Waals surface area (Å²) in [7, 11) is 0. The highest BCUT2D eigenvalue weighted by atomic mass is 35.5. The van der Waals surface area contributed by atoms with Crippen molar-refractivity contribution in [2.45, 2.75) is 6.92 Å². The van der Waals surface area contributed by atoms with Crippen molar-refractivity contribution in [1.29, 1.82) is 0 Å². The molecule has 1 aromatic rings. The van der Waals surface area contributed by atoms with E-state index in [0.29, 0.717) is 6.07 Å². The van der Waals surface area contributed by atoms with Gasteiger partial charge in [-0.25, -0.2) is 9.18 Å². The fourth-order valence-corrected chi connectivity index (χ4v) is 1.26. The fraction of sp³-hybridized carbons (Fsp3) is 0.222. The molecule has 5 nitrogen and oxygen atoms in total. The van der Waals surface area contributed by atoms with Crippen LogP contribution in [-0.4, -0.2) is 17.5 Å². The maximum Gasteiger partial charge on any atom is 0.341 e. The Kier molecular flexibility index (Phi) is 3.78. The summed E-state index contributed by atoms with van der Waals surface area (Å²) in [5.41, 5.74) is -1.04. The molecule has 0 N–H and O–H groups in total. The van der Waals surface area contributed by atoms with Crippen LogP contribution in [0.1, 0.15) is 17.3 Å². The van der Waals surface area contributed by atoms with E-state index in [9.17, 15) is 19.3 Å². The van der Waals surface area contributed by atoms with Crippen LogP contribution in [0.4, 0.5) is 10.1 Å². The van der Waals surface area contributed by atoms with Crippen molar-refractivity contribution in [2.75, 3.05) is 6.61 Å². The lowest BCUT2D eigenvalue weighted by atomic mass is 10.2. The van der Waals surface area contributed by atoms with Gasteiger partial charge in [0.2, 0.25) is 0 Å². The van der Waals surface area contributed by atoms with Crippen LogP contribution in [0.25, 0.3) is 0 Å². The Bertz CT molecular complexity index is 449. The van der Waals surface area contributed by atoms with E-state index in [1.165, 1.54) is 0 Å². The van der Waals surface area contributed by atoms with E-state index in [1.807, 2.05) is 0 Å². The number of hydrogen-bond acceptors (Lipinski definition) is 4. The number of nitro groups is 1. The number of halogens is 2. The SMILES string of the molecule is CCOC(=O)c1cc([N+](=O)[O-])c(Cl)cc1F. The van der Waals surface area contributed by atoms with Gasteiger partial charge < -0.3 is 4.74 Å². The van der Waals surface area contributed by atoms with Crippen molar-refractivity contribution in [3.8, 4) is 0 Å². The third-order valence-corrected chi connectivity index (χ3v) is 2.03. The molecule has 0 unspecified atom stereocenters. The van der Waals surface area contributed by atoms with Crippen molar-refractivity contribution < 1.29 is 18.8 Å². The number of ether oxygens (including phenoxy) is 1. The van der Waals surface area contributed by atoms with E-state index < -0.39 is 28.0 Å². The Labute approximate surface area is 94.9 Å². The quantitative estimate of drug-likeness (QED) is 0.468. The molecule has 1 rings (SSSR count). The largest absolute Gasteiger partial charge is 0.462 e. The van der Waals surface area contributed by atoms with Crippen molar-refractivity contribution in [3.05, 3.63) is 38.7 Å². The lowest BCUT2D eigenvalue weighted by Crippen LogP contribution is -2.08. The van der Waals surface area contributed by atoms with Gasteiger partial charge in [-0.3, -0.25) is 10.1 Å². The van der Waals surface area contributed by atoms with Gasteiger partial charge >= 0.3 is 5.97 Å². The molecule has 7 heteroatoms. The molecule has 0 bridgehead atoms. The molecule has 0 radical (unpaired) electrons. The third-order valence-electron chi connectivity index (χ3n) is 1.73. The smallest absolute Gasteiger partial charge is 0.341 e. The minimum atomic E-state index is -0.959. The molecule has 1 aromatic carbocycles. The summed E-state index contributed by atoms with van der Waals surface area (Å²) in [4.78, 5) is 20.9. The molecule has 16 heavy (non-hydrogen) atoms. The van der Waals surface area contributed by atoms with Crippen LogP contribution in [0.3, 0.4) is 0 Å². The van der Waals surface area contributed by atoms with Gasteiger partial charge in [0.05, 0.1) is 11.5 Å².